The number of rotatable bonds is 1. The minimum Gasteiger partial charge on any atom is -0.314 e. The van der Waals surface area contributed by atoms with Gasteiger partial charge in [0.05, 0.1) is 0 Å². The van der Waals surface area contributed by atoms with Crippen molar-refractivity contribution in [3.8, 4) is 0 Å². The van der Waals surface area contributed by atoms with Crippen molar-refractivity contribution >= 4 is 0 Å². The summed E-state index contributed by atoms with van der Waals surface area (Å²) in [6.07, 6.45) is 2.86. The first-order chi connectivity index (χ1) is 6.57. The van der Waals surface area contributed by atoms with Crippen molar-refractivity contribution in [2.45, 2.75) is 51.0 Å². The van der Waals surface area contributed by atoms with Crippen LogP contribution in [-0.2, 0) is 0 Å². The van der Waals surface area contributed by atoms with Gasteiger partial charge in [-0.05, 0) is 44.6 Å². The van der Waals surface area contributed by atoms with Crippen molar-refractivity contribution in [3.05, 3.63) is 0 Å². The summed E-state index contributed by atoms with van der Waals surface area (Å²) in [7, 11) is 0. The van der Waals surface area contributed by atoms with Crippen molar-refractivity contribution in [2.24, 2.45) is 11.8 Å². The number of alkyl halides is 2. The van der Waals surface area contributed by atoms with E-state index in [9.17, 15) is 8.78 Å². The highest BCUT2D eigenvalue weighted by molar-refractivity contribution is 4.87. The number of hydrogen-bond donors (Lipinski definition) is 1. The van der Waals surface area contributed by atoms with Crippen molar-refractivity contribution in [3.63, 3.8) is 0 Å². The van der Waals surface area contributed by atoms with Gasteiger partial charge in [0.1, 0.15) is 0 Å². The highest BCUT2D eigenvalue weighted by Crippen LogP contribution is 2.41. The van der Waals surface area contributed by atoms with E-state index in [1.807, 2.05) is 0 Å². The van der Waals surface area contributed by atoms with Crippen LogP contribution in [0.25, 0.3) is 0 Å². The molecule has 2 fully saturated rings. The molecule has 1 aliphatic heterocycles. The molecule has 1 saturated carbocycles. The van der Waals surface area contributed by atoms with Crippen molar-refractivity contribution < 1.29 is 8.78 Å². The van der Waals surface area contributed by atoms with Gasteiger partial charge in [0.15, 0.2) is 0 Å². The van der Waals surface area contributed by atoms with E-state index in [2.05, 4.69) is 12.2 Å². The molecule has 2 aliphatic rings. The Morgan fingerprint density at radius 1 is 1.14 bits per heavy atom. The molecule has 1 nitrogen and oxygen atoms in total. The van der Waals surface area contributed by atoms with Gasteiger partial charge in [0.25, 0.3) is 0 Å². The standard InChI is InChI=1S/C11H19F2N/c1-8-6-10(7-14-8)9-2-4-11(12,13)5-3-9/h8-10,14H,2-7H2,1H3/t8-,10?/m1/s1. The minimum absolute atomic E-state index is 0.114. The van der Waals surface area contributed by atoms with Gasteiger partial charge in [-0.2, -0.15) is 0 Å². The SMILES string of the molecule is C[C@@H]1CC(C2CCC(F)(F)CC2)CN1. The van der Waals surface area contributed by atoms with Crippen LogP contribution in [0.1, 0.15) is 39.0 Å². The lowest BCUT2D eigenvalue weighted by Gasteiger charge is -2.31. The predicted octanol–water partition coefficient (Wildman–Crippen LogP) is 2.81. The molecule has 0 radical (unpaired) electrons. The summed E-state index contributed by atoms with van der Waals surface area (Å²) in [5.74, 6) is -1.16. The first kappa shape index (κ1) is 10.3. The lowest BCUT2D eigenvalue weighted by molar-refractivity contribution is -0.0513. The molecule has 2 rings (SSSR count). The molecule has 1 aliphatic carbocycles. The molecule has 0 amide bonds. The Morgan fingerprint density at radius 3 is 2.29 bits per heavy atom. The first-order valence-electron chi connectivity index (χ1n) is 5.68. The summed E-state index contributed by atoms with van der Waals surface area (Å²) < 4.78 is 25.9. The number of halogens is 2. The summed E-state index contributed by atoms with van der Waals surface area (Å²) in [4.78, 5) is 0. The van der Waals surface area contributed by atoms with Crippen LogP contribution in [0, 0.1) is 11.8 Å². The summed E-state index contributed by atoms with van der Waals surface area (Å²) in [6, 6.07) is 0.586. The van der Waals surface area contributed by atoms with Crippen LogP contribution >= 0.6 is 0 Å². The Balaban J connectivity index is 1.83. The molecule has 0 aromatic heterocycles. The van der Waals surface area contributed by atoms with Crippen LogP contribution < -0.4 is 5.32 Å². The normalized spacial score (nSPS) is 38.8. The Labute approximate surface area is 84.3 Å². The van der Waals surface area contributed by atoms with Crippen molar-refractivity contribution in [1.29, 1.82) is 0 Å². The Kier molecular flexibility index (Phi) is 2.78. The molecule has 1 heterocycles. The van der Waals surface area contributed by atoms with Crippen LogP contribution in [0.5, 0.6) is 0 Å². The van der Waals surface area contributed by atoms with Gasteiger partial charge in [0, 0.05) is 18.9 Å². The third-order valence-corrected chi connectivity index (χ3v) is 3.81. The Hall–Kier alpha value is -0.180. The van der Waals surface area contributed by atoms with E-state index in [0.29, 0.717) is 17.9 Å². The molecule has 0 bridgehead atoms. The summed E-state index contributed by atoms with van der Waals surface area (Å²) >= 11 is 0. The van der Waals surface area contributed by atoms with Crippen molar-refractivity contribution in [2.75, 3.05) is 6.54 Å². The maximum absolute atomic E-state index is 12.9. The highest BCUT2D eigenvalue weighted by atomic mass is 19.3. The largest absolute Gasteiger partial charge is 0.314 e. The van der Waals surface area contributed by atoms with E-state index in [0.717, 1.165) is 19.4 Å². The van der Waals surface area contributed by atoms with Crippen LogP contribution in [-0.4, -0.2) is 18.5 Å². The van der Waals surface area contributed by atoms with Crippen LogP contribution in [0.3, 0.4) is 0 Å². The zero-order valence-electron chi connectivity index (χ0n) is 8.73. The molecule has 0 spiro atoms. The Bertz CT molecular complexity index is 195. The van der Waals surface area contributed by atoms with E-state index < -0.39 is 5.92 Å². The fourth-order valence-corrected chi connectivity index (χ4v) is 2.87. The lowest BCUT2D eigenvalue weighted by atomic mass is 9.78. The average molecular weight is 203 g/mol. The van der Waals surface area contributed by atoms with Crippen molar-refractivity contribution in [1.82, 2.24) is 5.32 Å². The zero-order valence-corrected chi connectivity index (χ0v) is 8.73. The quantitative estimate of drug-likeness (QED) is 0.691. The summed E-state index contributed by atoms with van der Waals surface area (Å²) in [5, 5.41) is 3.40. The topological polar surface area (TPSA) is 12.0 Å². The second-order valence-electron chi connectivity index (χ2n) is 5.00. The third kappa shape index (κ3) is 2.25. The third-order valence-electron chi connectivity index (χ3n) is 3.81. The molecule has 82 valence electrons. The van der Waals surface area contributed by atoms with Crippen LogP contribution in [0.15, 0.2) is 0 Å². The lowest BCUT2D eigenvalue weighted by Crippen LogP contribution is -2.29. The maximum Gasteiger partial charge on any atom is 0.248 e. The van der Waals surface area contributed by atoms with E-state index >= 15 is 0 Å². The van der Waals surface area contributed by atoms with E-state index in [-0.39, 0.29) is 12.8 Å². The van der Waals surface area contributed by atoms with Gasteiger partial charge in [-0.15, -0.1) is 0 Å². The van der Waals surface area contributed by atoms with E-state index in [1.54, 1.807) is 0 Å². The molecule has 1 saturated heterocycles. The first-order valence-corrected chi connectivity index (χ1v) is 5.68. The molecule has 1 unspecified atom stereocenters. The van der Waals surface area contributed by atoms with Gasteiger partial charge < -0.3 is 5.32 Å². The Morgan fingerprint density at radius 2 is 1.79 bits per heavy atom. The number of nitrogens with one attached hydrogen (secondary N) is 1. The number of hydrogen-bond acceptors (Lipinski definition) is 1. The zero-order chi connectivity index (χ0) is 10.2. The van der Waals surface area contributed by atoms with Gasteiger partial charge in [0.2, 0.25) is 5.92 Å². The smallest absolute Gasteiger partial charge is 0.248 e. The summed E-state index contributed by atoms with van der Waals surface area (Å²) in [6.45, 7) is 3.22. The van der Waals surface area contributed by atoms with Gasteiger partial charge in [-0.25, -0.2) is 8.78 Å². The molecular formula is C11H19F2N. The molecule has 0 aromatic carbocycles. The average Bonchev–Trinajstić information content (AvgIpc) is 2.52. The molecular weight excluding hydrogens is 184 g/mol. The van der Waals surface area contributed by atoms with E-state index in [1.165, 1.54) is 6.42 Å². The van der Waals surface area contributed by atoms with Crippen LogP contribution in [0.4, 0.5) is 8.78 Å². The molecule has 2 atom stereocenters. The van der Waals surface area contributed by atoms with Crippen LogP contribution in [0.2, 0.25) is 0 Å². The second kappa shape index (κ2) is 3.76. The maximum atomic E-state index is 12.9. The highest BCUT2D eigenvalue weighted by Gasteiger charge is 2.38. The van der Waals surface area contributed by atoms with Gasteiger partial charge in [-0.3, -0.25) is 0 Å². The fraction of sp³-hybridized carbons (Fsp3) is 1.00. The monoisotopic (exact) mass is 203 g/mol. The fourth-order valence-electron chi connectivity index (χ4n) is 2.87. The van der Waals surface area contributed by atoms with Gasteiger partial charge >= 0.3 is 0 Å². The summed E-state index contributed by atoms with van der Waals surface area (Å²) in [5.41, 5.74) is 0. The molecule has 14 heavy (non-hydrogen) atoms. The van der Waals surface area contributed by atoms with Gasteiger partial charge in [-0.1, -0.05) is 0 Å². The minimum atomic E-state index is -2.37. The molecule has 1 N–H and O–H groups in total. The molecule has 0 aromatic rings. The molecule has 3 heteroatoms. The van der Waals surface area contributed by atoms with E-state index in [4.69, 9.17) is 0 Å². The second-order valence-corrected chi connectivity index (χ2v) is 5.00. The predicted molar refractivity (Wildman–Crippen MR) is 52.5 cm³/mol.